The van der Waals surface area contributed by atoms with Gasteiger partial charge in [0.05, 0.1) is 35.5 Å². The normalized spacial score (nSPS) is 10.1. The van der Waals surface area contributed by atoms with Gasteiger partial charge in [-0.2, -0.15) is 0 Å². The maximum Gasteiger partial charge on any atom is 0.224 e. The highest BCUT2D eigenvalue weighted by Crippen LogP contribution is 2.38. The maximum absolute atomic E-state index is 12.3. The third-order valence-corrected chi connectivity index (χ3v) is 4.03. The smallest absolute Gasteiger partial charge is 0.224 e. The van der Waals surface area contributed by atoms with Crippen LogP contribution in [-0.4, -0.2) is 41.5 Å². The predicted molar refractivity (Wildman–Crippen MR) is 103 cm³/mol. The molecule has 7 heteroatoms. The summed E-state index contributed by atoms with van der Waals surface area (Å²) in [6.45, 7) is 0. The summed E-state index contributed by atoms with van der Waals surface area (Å²) in [5, 5.41) is 2.86. The van der Waals surface area contributed by atoms with Crippen LogP contribution in [0.3, 0.4) is 0 Å². The van der Waals surface area contributed by atoms with Crippen molar-refractivity contribution in [3.63, 3.8) is 0 Å². The molecule has 0 saturated heterocycles. The Morgan fingerprint density at radius 2 is 1.37 bits per heavy atom. The van der Waals surface area contributed by atoms with Crippen molar-refractivity contribution in [1.29, 1.82) is 0 Å². The first-order valence-corrected chi connectivity index (χ1v) is 8.37. The van der Waals surface area contributed by atoms with E-state index in [1.165, 1.54) is 0 Å². The summed E-state index contributed by atoms with van der Waals surface area (Å²) in [4.78, 5) is 12.3. The Hall–Kier alpha value is -3.09. The minimum Gasteiger partial charge on any atom is -0.493 e. The molecule has 27 heavy (non-hydrogen) atoms. The van der Waals surface area contributed by atoms with Crippen molar-refractivity contribution in [2.24, 2.45) is 0 Å². The van der Waals surface area contributed by atoms with E-state index in [9.17, 15) is 4.79 Å². The SMILES string of the molecule is COc1ccc(NC(=O)CCc2cc(OC)c(OC)c(OC)c2)cc1OC. The first-order chi connectivity index (χ1) is 13.1. The summed E-state index contributed by atoms with van der Waals surface area (Å²) in [6, 6.07) is 8.90. The molecule has 0 fully saturated rings. The van der Waals surface area contributed by atoms with Crippen molar-refractivity contribution in [2.75, 3.05) is 40.9 Å². The number of rotatable bonds is 9. The zero-order chi connectivity index (χ0) is 19.8. The Balaban J connectivity index is 2.05. The van der Waals surface area contributed by atoms with Gasteiger partial charge in [0, 0.05) is 18.2 Å². The molecule has 146 valence electrons. The van der Waals surface area contributed by atoms with Gasteiger partial charge in [-0.3, -0.25) is 4.79 Å². The van der Waals surface area contributed by atoms with Crippen LogP contribution in [0.4, 0.5) is 5.69 Å². The van der Waals surface area contributed by atoms with Gasteiger partial charge in [0.2, 0.25) is 11.7 Å². The molecule has 0 unspecified atom stereocenters. The van der Waals surface area contributed by atoms with Crippen molar-refractivity contribution in [3.8, 4) is 28.7 Å². The average Bonchev–Trinajstić information content (AvgIpc) is 2.71. The molecule has 7 nitrogen and oxygen atoms in total. The van der Waals surface area contributed by atoms with Crippen molar-refractivity contribution in [2.45, 2.75) is 12.8 Å². The van der Waals surface area contributed by atoms with Crippen LogP contribution in [0.2, 0.25) is 0 Å². The molecule has 0 aliphatic rings. The number of hydrogen-bond donors (Lipinski definition) is 1. The van der Waals surface area contributed by atoms with Gasteiger partial charge in [-0.15, -0.1) is 0 Å². The second-order valence-corrected chi connectivity index (χ2v) is 5.65. The summed E-state index contributed by atoms with van der Waals surface area (Å²) in [7, 11) is 7.79. The number of aryl methyl sites for hydroxylation is 1. The van der Waals surface area contributed by atoms with Crippen LogP contribution < -0.4 is 29.0 Å². The van der Waals surface area contributed by atoms with E-state index in [0.717, 1.165) is 5.56 Å². The maximum atomic E-state index is 12.3. The van der Waals surface area contributed by atoms with E-state index >= 15 is 0 Å². The fourth-order valence-electron chi connectivity index (χ4n) is 2.68. The van der Waals surface area contributed by atoms with Crippen LogP contribution in [0, 0.1) is 0 Å². The molecule has 2 aromatic rings. The van der Waals surface area contributed by atoms with Gasteiger partial charge in [-0.05, 0) is 36.2 Å². The van der Waals surface area contributed by atoms with Crippen molar-refractivity contribution < 1.29 is 28.5 Å². The lowest BCUT2D eigenvalue weighted by atomic mass is 10.1. The number of ether oxygens (including phenoxy) is 5. The highest BCUT2D eigenvalue weighted by Gasteiger charge is 2.14. The van der Waals surface area contributed by atoms with Crippen molar-refractivity contribution in [3.05, 3.63) is 35.9 Å². The number of amides is 1. The summed E-state index contributed by atoms with van der Waals surface area (Å²) in [6.07, 6.45) is 0.822. The van der Waals surface area contributed by atoms with Gasteiger partial charge in [0.25, 0.3) is 0 Å². The van der Waals surface area contributed by atoms with E-state index < -0.39 is 0 Å². The third kappa shape index (κ3) is 4.97. The number of carbonyl (C=O) groups excluding carboxylic acids is 1. The molecule has 1 amide bonds. The number of benzene rings is 2. The third-order valence-electron chi connectivity index (χ3n) is 4.03. The topological polar surface area (TPSA) is 75.3 Å². The number of anilines is 1. The molecular weight excluding hydrogens is 350 g/mol. The Kier molecular flexibility index (Phi) is 7.16. The summed E-state index contributed by atoms with van der Waals surface area (Å²) < 4.78 is 26.4. The lowest BCUT2D eigenvalue weighted by Gasteiger charge is -2.14. The lowest BCUT2D eigenvalue weighted by Crippen LogP contribution is -2.12. The first-order valence-electron chi connectivity index (χ1n) is 8.37. The van der Waals surface area contributed by atoms with Gasteiger partial charge in [0.15, 0.2) is 23.0 Å². The highest BCUT2D eigenvalue weighted by atomic mass is 16.5. The van der Waals surface area contributed by atoms with E-state index in [0.29, 0.717) is 47.3 Å². The molecule has 0 heterocycles. The molecule has 0 aromatic heterocycles. The van der Waals surface area contributed by atoms with E-state index in [-0.39, 0.29) is 5.91 Å². The molecule has 0 bridgehead atoms. The molecule has 0 spiro atoms. The minimum atomic E-state index is -0.115. The average molecular weight is 375 g/mol. The van der Waals surface area contributed by atoms with Gasteiger partial charge >= 0.3 is 0 Å². The number of nitrogens with one attached hydrogen (secondary N) is 1. The fraction of sp³-hybridized carbons (Fsp3) is 0.350. The molecule has 0 aliphatic carbocycles. The zero-order valence-corrected chi connectivity index (χ0v) is 16.3. The van der Waals surface area contributed by atoms with Gasteiger partial charge in [-0.25, -0.2) is 0 Å². The molecule has 1 N–H and O–H groups in total. The van der Waals surface area contributed by atoms with E-state index in [1.807, 2.05) is 12.1 Å². The molecular formula is C20H25NO6. The Morgan fingerprint density at radius 3 is 1.89 bits per heavy atom. The second-order valence-electron chi connectivity index (χ2n) is 5.65. The van der Waals surface area contributed by atoms with Crippen LogP contribution >= 0.6 is 0 Å². The largest absolute Gasteiger partial charge is 0.493 e. The van der Waals surface area contributed by atoms with E-state index in [1.54, 1.807) is 53.7 Å². The summed E-state index contributed by atoms with van der Waals surface area (Å²) >= 11 is 0. The lowest BCUT2D eigenvalue weighted by molar-refractivity contribution is -0.116. The molecule has 0 radical (unpaired) electrons. The van der Waals surface area contributed by atoms with Crippen LogP contribution in [0.1, 0.15) is 12.0 Å². The Morgan fingerprint density at radius 1 is 0.778 bits per heavy atom. The molecule has 2 aromatic carbocycles. The number of hydrogen-bond acceptors (Lipinski definition) is 6. The number of methoxy groups -OCH3 is 5. The van der Waals surface area contributed by atoms with Crippen LogP contribution in [0.15, 0.2) is 30.3 Å². The monoisotopic (exact) mass is 375 g/mol. The van der Waals surface area contributed by atoms with E-state index in [2.05, 4.69) is 5.32 Å². The van der Waals surface area contributed by atoms with Gasteiger partial charge in [-0.1, -0.05) is 0 Å². The van der Waals surface area contributed by atoms with Crippen molar-refractivity contribution >= 4 is 11.6 Å². The molecule has 2 rings (SSSR count). The summed E-state index contributed by atoms with van der Waals surface area (Å²) in [5.74, 6) is 2.70. The van der Waals surface area contributed by atoms with Crippen LogP contribution in [0.5, 0.6) is 28.7 Å². The predicted octanol–water partition coefficient (Wildman–Crippen LogP) is 3.30. The van der Waals surface area contributed by atoms with Gasteiger partial charge in [0.1, 0.15) is 0 Å². The Labute approximate surface area is 159 Å². The minimum absolute atomic E-state index is 0.115. The number of carbonyl (C=O) groups is 1. The molecule has 0 aliphatic heterocycles. The first kappa shape index (κ1) is 20.2. The van der Waals surface area contributed by atoms with Crippen LogP contribution in [-0.2, 0) is 11.2 Å². The fourth-order valence-corrected chi connectivity index (χ4v) is 2.68. The molecule has 0 saturated carbocycles. The highest BCUT2D eigenvalue weighted by molar-refractivity contribution is 5.91. The van der Waals surface area contributed by atoms with E-state index in [4.69, 9.17) is 23.7 Å². The van der Waals surface area contributed by atoms with Crippen molar-refractivity contribution in [1.82, 2.24) is 0 Å². The Bertz CT molecular complexity index is 765. The molecule has 0 atom stereocenters. The standard InChI is InChI=1S/C20H25NO6/c1-23-15-8-7-14(12-16(15)24-2)21-19(22)9-6-13-10-17(25-3)20(27-5)18(11-13)26-4/h7-8,10-12H,6,9H2,1-5H3,(H,21,22). The quantitative estimate of drug-likeness (QED) is 0.725. The second kappa shape index (κ2) is 9.56. The zero-order valence-electron chi connectivity index (χ0n) is 16.3. The summed E-state index contributed by atoms with van der Waals surface area (Å²) in [5.41, 5.74) is 1.55. The van der Waals surface area contributed by atoms with Gasteiger partial charge < -0.3 is 29.0 Å². The van der Waals surface area contributed by atoms with Crippen LogP contribution in [0.25, 0.3) is 0 Å².